The second kappa shape index (κ2) is 13.8. The second-order valence-electron chi connectivity index (χ2n) is 11.3. The van der Waals surface area contributed by atoms with E-state index in [4.69, 9.17) is 0 Å². The molecule has 11 heteroatoms. The Labute approximate surface area is 265 Å². The quantitative estimate of drug-likeness (QED) is 0.180. The van der Waals surface area contributed by atoms with Crippen molar-refractivity contribution < 1.29 is 9.18 Å². The van der Waals surface area contributed by atoms with Crippen LogP contribution in [0.4, 0.5) is 21.6 Å². The number of pyridine rings is 1. The van der Waals surface area contributed by atoms with Crippen LogP contribution >= 0.6 is 0 Å². The minimum atomic E-state index is -0.626. The van der Waals surface area contributed by atoms with Crippen molar-refractivity contribution in [1.82, 2.24) is 19.0 Å². The van der Waals surface area contributed by atoms with Gasteiger partial charge < -0.3 is 16.0 Å². The van der Waals surface area contributed by atoms with Crippen LogP contribution in [0.1, 0.15) is 36.5 Å². The summed E-state index contributed by atoms with van der Waals surface area (Å²) in [4.78, 5) is 53.8. The maximum absolute atomic E-state index is 15.0. The van der Waals surface area contributed by atoms with Gasteiger partial charge in [-0.3, -0.25) is 28.1 Å². The molecule has 0 aliphatic rings. The first kappa shape index (κ1) is 32.1. The highest BCUT2D eigenvalue weighted by Gasteiger charge is 2.24. The zero-order chi connectivity index (χ0) is 33.0. The first-order valence-corrected chi connectivity index (χ1v) is 15.1. The van der Waals surface area contributed by atoms with Crippen molar-refractivity contribution in [3.8, 4) is 5.69 Å². The van der Waals surface area contributed by atoms with Gasteiger partial charge in [0.15, 0.2) is 0 Å². The molecule has 0 unspecified atom stereocenters. The van der Waals surface area contributed by atoms with E-state index in [1.54, 1.807) is 44.2 Å². The van der Waals surface area contributed by atoms with E-state index in [0.29, 0.717) is 42.9 Å². The van der Waals surface area contributed by atoms with Crippen LogP contribution in [-0.2, 0) is 24.9 Å². The number of unbranched alkanes of at least 4 members (excludes halogenated alkanes) is 1. The monoisotopic (exact) mass is 624 g/mol. The highest BCUT2D eigenvalue weighted by atomic mass is 19.1. The van der Waals surface area contributed by atoms with Crippen molar-refractivity contribution in [3.05, 3.63) is 126 Å². The predicted molar refractivity (Wildman–Crippen MR) is 180 cm³/mol. The third-order valence-electron chi connectivity index (χ3n) is 7.85. The smallest absolute Gasteiger partial charge is 0.336 e. The van der Waals surface area contributed by atoms with E-state index in [0.717, 1.165) is 10.1 Å². The Bertz CT molecular complexity index is 2100. The van der Waals surface area contributed by atoms with Crippen molar-refractivity contribution in [2.45, 2.75) is 46.7 Å². The first-order valence-electron chi connectivity index (χ1n) is 15.1. The Morgan fingerprint density at radius 2 is 1.65 bits per heavy atom. The summed E-state index contributed by atoms with van der Waals surface area (Å²) in [6.07, 6.45) is 1.22. The van der Waals surface area contributed by atoms with E-state index in [9.17, 15) is 19.2 Å². The number of halogens is 1. The Kier molecular flexibility index (Phi) is 9.62. The number of anilines is 3. The van der Waals surface area contributed by atoms with E-state index < -0.39 is 22.6 Å². The molecule has 0 aliphatic heterocycles. The van der Waals surface area contributed by atoms with Crippen LogP contribution < -0.4 is 32.8 Å². The van der Waals surface area contributed by atoms with Gasteiger partial charge in [0.1, 0.15) is 17.0 Å². The number of nitrogens with zero attached hydrogens (tertiary/aromatic N) is 3. The zero-order valence-corrected chi connectivity index (χ0v) is 26.3. The Hall–Kier alpha value is -5.29. The van der Waals surface area contributed by atoms with Gasteiger partial charge in [0.05, 0.1) is 16.9 Å². The van der Waals surface area contributed by atoms with Crippen LogP contribution in [0.3, 0.4) is 0 Å². The summed E-state index contributed by atoms with van der Waals surface area (Å²) in [6, 6.07) is 21.2. The van der Waals surface area contributed by atoms with Gasteiger partial charge in [-0.15, -0.1) is 0 Å². The number of nitrogens with one attached hydrogen (secondary N) is 3. The number of carbonyl (C=O) groups is 1. The van der Waals surface area contributed by atoms with Crippen LogP contribution in [0.25, 0.3) is 16.6 Å². The van der Waals surface area contributed by atoms with Crippen molar-refractivity contribution >= 4 is 34.0 Å². The maximum atomic E-state index is 15.0. The molecular weight excluding hydrogens is 587 g/mol. The number of carbonyl (C=O) groups excluding carboxylic acids is 1. The predicted octanol–water partition coefficient (Wildman–Crippen LogP) is 4.88. The first-order chi connectivity index (χ1) is 22.1. The average molecular weight is 625 g/mol. The van der Waals surface area contributed by atoms with Crippen molar-refractivity contribution in [3.63, 3.8) is 0 Å². The molecule has 3 aromatic carbocycles. The van der Waals surface area contributed by atoms with Crippen LogP contribution in [0.5, 0.6) is 0 Å². The molecular formula is C35H37FN6O4. The van der Waals surface area contributed by atoms with Gasteiger partial charge in [0, 0.05) is 38.3 Å². The molecule has 0 radical (unpaired) electrons. The van der Waals surface area contributed by atoms with Gasteiger partial charge in [-0.25, -0.2) is 9.18 Å². The molecule has 0 bridgehead atoms. The SMILES string of the molecule is CC(=O)Nc1cccc(-n2c(=O)n(CCCCNCc3ccccc3)c(=O)c3c(Nc4ccc(C)cc4F)n(C)c(=O)c(C)c32)c1. The van der Waals surface area contributed by atoms with E-state index in [1.807, 2.05) is 30.3 Å². The molecule has 5 rings (SSSR count). The fraction of sp³-hybridized carbons (Fsp3) is 0.257. The molecule has 0 atom stereocenters. The molecule has 3 N–H and O–H groups in total. The lowest BCUT2D eigenvalue weighted by Gasteiger charge is -2.21. The molecule has 238 valence electrons. The Morgan fingerprint density at radius 1 is 0.891 bits per heavy atom. The molecule has 2 heterocycles. The molecule has 0 saturated heterocycles. The normalized spacial score (nSPS) is 11.2. The number of hydrogen-bond donors (Lipinski definition) is 3. The number of fused-ring (bicyclic) bond motifs is 1. The molecule has 1 amide bonds. The third kappa shape index (κ3) is 6.69. The number of rotatable bonds is 11. The highest BCUT2D eigenvalue weighted by Crippen LogP contribution is 2.27. The van der Waals surface area contributed by atoms with E-state index >= 15 is 4.39 Å². The summed E-state index contributed by atoms with van der Waals surface area (Å²) in [5.74, 6) is -0.791. The number of amides is 1. The molecule has 0 fully saturated rings. The number of aromatic nitrogens is 3. The summed E-state index contributed by atoms with van der Waals surface area (Å²) in [5.41, 5.74) is 1.32. The van der Waals surface area contributed by atoms with Crippen LogP contribution in [-0.4, -0.2) is 26.2 Å². The summed E-state index contributed by atoms with van der Waals surface area (Å²) in [7, 11) is 1.50. The van der Waals surface area contributed by atoms with Crippen LogP contribution in [0, 0.1) is 19.7 Å². The summed E-state index contributed by atoms with van der Waals surface area (Å²) in [6.45, 7) is 6.18. The van der Waals surface area contributed by atoms with E-state index in [-0.39, 0.29) is 40.4 Å². The zero-order valence-electron chi connectivity index (χ0n) is 26.3. The molecule has 10 nitrogen and oxygen atoms in total. The molecule has 5 aromatic rings. The standard InChI is InChI=1S/C35H37FN6O4/c1-22-15-16-29(28(36)19-22)39-32-30-31(23(2)33(44)40(32)4)42(27-14-10-13-26(20-27)38-24(3)43)35(46)41(34(30)45)18-9-8-17-37-21-25-11-6-5-7-12-25/h5-7,10-16,19-20,37,39H,8-9,17-18,21H2,1-4H3,(H,38,43). The Morgan fingerprint density at radius 3 is 2.37 bits per heavy atom. The number of hydrogen-bond acceptors (Lipinski definition) is 6. The molecule has 2 aromatic heterocycles. The third-order valence-corrected chi connectivity index (χ3v) is 7.85. The highest BCUT2D eigenvalue weighted by molar-refractivity contribution is 5.94. The van der Waals surface area contributed by atoms with Gasteiger partial charge in [-0.1, -0.05) is 42.5 Å². The van der Waals surface area contributed by atoms with Gasteiger partial charge >= 0.3 is 5.69 Å². The van der Waals surface area contributed by atoms with Crippen LogP contribution in [0.15, 0.2) is 87.2 Å². The van der Waals surface area contributed by atoms with Gasteiger partial charge in [0.25, 0.3) is 11.1 Å². The fourth-order valence-corrected chi connectivity index (χ4v) is 5.55. The molecule has 46 heavy (non-hydrogen) atoms. The second-order valence-corrected chi connectivity index (χ2v) is 11.3. The van der Waals surface area contributed by atoms with Crippen molar-refractivity contribution in [2.75, 3.05) is 17.2 Å². The lowest BCUT2D eigenvalue weighted by molar-refractivity contribution is -0.114. The molecule has 0 saturated carbocycles. The van der Waals surface area contributed by atoms with Gasteiger partial charge in [0.2, 0.25) is 5.91 Å². The average Bonchev–Trinajstić information content (AvgIpc) is 3.02. The van der Waals surface area contributed by atoms with Crippen LogP contribution in [0.2, 0.25) is 0 Å². The summed E-state index contributed by atoms with van der Waals surface area (Å²) in [5, 5.41) is 9.13. The Balaban J connectivity index is 1.64. The van der Waals surface area contributed by atoms with E-state index in [1.165, 1.54) is 35.2 Å². The maximum Gasteiger partial charge on any atom is 0.336 e. The lowest BCUT2D eigenvalue weighted by Crippen LogP contribution is -2.41. The largest absolute Gasteiger partial charge is 0.338 e. The summed E-state index contributed by atoms with van der Waals surface area (Å²) >= 11 is 0. The summed E-state index contributed by atoms with van der Waals surface area (Å²) < 4.78 is 18.8. The molecule has 0 aliphatic carbocycles. The molecule has 0 spiro atoms. The minimum absolute atomic E-state index is 0.0587. The minimum Gasteiger partial charge on any atom is -0.338 e. The number of aryl methyl sites for hydroxylation is 2. The van der Waals surface area contributed by atoms with Crippen molar-refractivity contribution in [2.24, 2.45) is 7.05 Å². The van der Waals surface area contributed by atoms with Crippen molar-refractivity contribution in [1.29, 1.82) is 0 Å². The lowest BCUT2D eigenvalue weighted by atomic mass is 10.1. The van der Waals surface area contributed by atoms with E-state index in [2.05, 4.69) is 16.0 Å². The number of benzene rings is 3. The topological polar surface area (TPSA) is 119 Å². The fourth-order valence-electron chi connectivity index (χ4n) is 5.55. The van der Waals surface area contributed by atoms with Gasteiger partial charge in [-0.05, 0) is 74.7 Å². The van der Waals surface area contributed by atoms with Gasteiger partial charge in [-0.2, -0.15) is 0 Å².